The number of nitrogens with zero attached hydrogens (tertiary/aromatic N) is 1. The predicted molar refractivity (Wildman–Crippen MR) is 130 cm³/mol. The zero-order valence-corrected chi connectivity index (χ0v) is 20.1. The van der Waals surface area contributed by atoms with Gasteiger partial charge in [-0.05, 0) is 61.2 Å². The Hall–Kier alpha value is -3.29. The molecule has 170 valence electrons. The van der Waals surface area contributed by atoms with Crippen LogP contribution in [-0.4, -0.2) is 31.0 Å². The zero-order chi connectivity index (χ0) is 23.9. The number of carbonyl (C=O) groups is 2. The number of aliphatic hydroxyl groups is 1. The van der Waals surface area contributed by atoms with Gasteiger partial charge in [0.05, 0.1) is 30.4 Å². The number of amides is 1. The van der Waals surface area contributed by atoms with E-state index in [1.54, 1.807) is 30.3 Å². The number of aryl methyl sites for hydroxylation is 2. The third-order valence-corrected chi connectivity index (χ3v) is 6.98. The highest BCUT2D eigenvalue weighted by Crippen LogP contribution is 2.46. The van der Waals surface area contributed by atoms with Crippen molar-refractivity contribution in [3.05, 3.63) is 80.0 Å². The van der Waals surface area contributed by atoms with Gasteiger partial charge in [-0.3, -0.25) is 14.5 Å². The molecule has 1 aliphatic heterocycles. The lowest BCUT2D eigenvalue weighted by Gasteiger charge is -2.25. The molecule has 1 saturated heterocycles. The zero-order valence-electron chi connectivity index (χ0n) is 18.5. The molecule has 3 aromatic rings. The van der Waals surface area contributed by atoms with Crippen molar-refractivity contribution in [2.75, 3.05) is 19.1 Å². The van der Waals surface area contributed by atoms with Crippen LogP contribution in [0.25, 0.3) is 5.76 Å². The highest BCUT2D eigenvalue weighted by molar-refractivity contribution is 7.10. The maximum Gasteiger partial charge on any atom is 0.300 e. The number of aliphatic hydroxyl groups excluding tert-OH is 1. The fourth-order valence-electron chi connectivity index (χ4n) is 3.97. The molecule has 0 radical (unpaired) electrons. The van der Waals surface area contributed by atoms with E-state index < -0.39 is 17.7 Å². The Morgan fingerprint density at radius 2 is 1.73 bits per heavy atom. The van der Waals surface area contributed by atoms with E-state index >= 15 is 0 Å². The Kier molecular flexibility index (Phi) is 6.19. The third kappa shape index (κ3) is 3.87. The van der Waals surface area contributed by atoms with E-state index in [-0.39, 0.29) is 11.3 Å². The molecule has 6 nitrogen and oxygen atoms in total. The van der Waals surface area contributed by atoms with Gasteiger partial charge in [0.15, 0.2) is 0 Å². The molecule has 0 spiro atoms. The van der Waals surface area contributed by atoms with Crippen LogP contribution in [0.3, 0.4) is 0 Å². The van der Waals surface area contributed by atoms with E-state index in [9.17, 15) is 14.7 Å². The molecule has 1 amide bonds. The quantitative estimate of drug-likeness (QED) is 0.288. The summed E-state index contributed by atoms with van der Waals surface area (Å²) in [5, 5.41) is 13.6. The minimum absolute atomic E-state index is 0.00129. The molecule has 1 aliphatic rings. The Morgan fingerprint density at radius 1 is 1.03 bits per heavy atom. The second-order valence-electron chi connectivity index (χ2n) is 7.66. The van der Waals surface area contributed by atoms with Gasteiger partial charge in [0, 0.05) is 10.6 Å². The summed E-state index contributed by atoms with van der Waals surface area (Å²) in [6.45, 7) is 3.77. The van der Waals surface area contributed by atoms with E-state index in [1.807, 2.05) is 31.4 Å². The van der Waals surface area contributed by atoms with E-state index in [0.29, 0.717) is 27.8 Å². The van der Waals surface area contributed by atoms with E-state index in [2.05, 4.69) is 0 Å². The van der Waals surface area contributed by atoms with Gasteiger partial charge < -0.3 is 14.6 Å². The monoisotopic (exact) mass is 483 g/mol. The maximum atomic E-state index is 13.3. The summed E-state index contributed by atoms with van der Waals surface area (Å²) in [4.78, 5) is 28.7. The van der Waals surface area contributed by atoms with Crippen molar-refractivity contribution in [3.8, 4) is 11.5 Å². The van der Waals surface area contributed by atoms with Gasteiger partial charge in [0.2, 0.25) is 0 Å². The Labute approximate surface area is 200 Å². The number of ether oxygens (including phenoxy) is 2. The second-order valence-corrected chi connectivity index (χ2v) is 9.01. The number of methoxy groups -OCH3 is 2. The van der Waals surface area contributed by atoms with Crippen LogP contribution in [0.1, 0.15) is 27.6 Å². The van der Waals surface area contributed by atoms with Crippen molar-refractivity contribution < 1.29 is 24.2 Å². The molecule has 1 atom stereocenters. The molecule has 33 heavy (non-hydrogen) atoms. The van der Waals surface area contributed by atoms with Crippen LogP contribution in [0.15, 0.2) is 53.4 Å². The van der Waals surface area contributed by atoms with Crippen molar-refractivity contribution in [3.63, 3.8) is 0 Å². The van der Waals surface area contributed by atoms with Crippen molar-refractivity contribution in [1.29, 1.82) is 0 Å². The molecule has 4 rings (SSSR count). The molecule has 2 heterocycles. The van der Waals surface area contributed by atoms with Crippen molar-refractivity contribution in [2.45, 2.75) is 19.9 Å². The Morgan fingerprint density at radius 3 is 2.33 bits per heavy atom. The lowest BCUT2D eigenvalue weighted by molar-refractivity contribution is -0.132. The van der Waals surface area contributed by atoms with Crippen LogP contribution < -0.4 is 14.4 Å². The van der Waals surface area contributed by atoms with Gasteiger partial charge in [0.1, 0.15) is 23.3 Å². The van der Waals surface area contributed by atoms with E-state index in [1.165, 1.54) is 30.5 Å². The number of Topliss-reactive ketones (excluding diaryl/α,β-unsaturated/α-hetero) is 1. The van der Waals surface area contributed by atoms with Gasteiger partial charge in [-0.1, -0.05) is 23.2 Å². The third-order valence-electron chi connectivity index (χ3n) is 5.62. The normalized spacial score (nSPS) is 17.5. The van der Waals surface area contributed by atoms with Gasteiger partial charge in [-0.15, -0.1) is 11.3 Å². The molecule has 1 fully saturated rings. The average molecular weight is 484 g/mol. The number of carbonyl (C=O) groups excluding carboxylic acids is 2. The average Bonchev–Trinajstić information content (AvgIpc) is 3.33. The van der Waals surface area contributed by atoms with Crippen LogP contribution in [0.4, 0.5) is 5.69 Å². The molecule has 0 aliphatic carbocycles. The molecular formula is C25H22ClNO5S. The van der Waals surface area contributed by atoms with Crippen LogP contribution in [0, 0.1) is 13.8 Å². The highest BCUT2D eigenvalue weighted by Gasteiger charge is 2.48. The van der Waals surface area contributed by atoms with Crippen molar-refractivity contribution in [1.82, 2.24) is 0 Å². The molecule has 8 heteroatoms. The number of thiophene rings is 1. The number of halogens is 1. The molecule has 1 aromatic heterocycles. The van der Waals surface area contributed by atoms with E-state index in [4.69, 9.17) is 21.1 Å². The molecule has 1 N–H and O–H groups in total. The van der Waals surface area contributed by atoms with Gasteiger partial charge in [-0.2, -0.15) is 0 Å². The molecule has 0 saturated carbocycles. The molecule has 2 aromatic carbocycles. The number of ketones is 1. The first-order chi connectivity index (χ1) is 15.8. The van der Waals surface area contributed by atoms with Crippen LogP contribution in [-0.2, 0) is 9.59 Å². The summed E-state index contributed by atoms with van der Waals surface area (Å²) in [6.07, 6.45) is 0. The second kappa shape index (κ2) is 8.92. The standard InChI is InChI=1S/C25H22ClNO5S/c1-13-5-7-18(31-3)16(11-13)22(28)20-21(24-14(2)9-10-33-24)27(25(30)23(20)29)15-6-8-19(32-4)17(26)12-15/h5-12,21,28H,1-4H3/b22-20-. The summed E-state index contributed by atoms with van der Waals surface area (Å²) >= 11 is 7.73. The first-order valence-electron chi connectivity index (χ1n) is 10.1. The molecule has 0 bridgehead atoms. The minimum Gasteiger partial charge on any atom is -0.507 e. The fraction of sp³-hybridized carbons (Fsp3) is 0.200. The van der Waals surface area contributed by atoms with Gasteiger partial charge in [-0.25, -0.2) is 0 Å². The summed E-state index contributed by atoms with van der Waals surface area (Å²) < 4.78 is 10.6. The largest absolute Gasteiger partial charge is 0.507 e. The smallest absolute Gasteiger partial charge is 0.300 e. The predicted octanol–water partition coefficient (Wildman–Crippen LogP) is 5.66. The first kappa shape index (κ1) is 22.9. The topological polar surface area (TPSA) is 76.1 Å². The summed E-state index contributed by atoms with van der Waals surface area (Å²) in [6, 6.07) is 11.3. The fourth-order valence-corrected chi connectivity index (χ4v) is 5.25. The lowest BCUT2D eigenvalue weighted by atomic mass is 9.97. The van der Waals surface area contributed by atoms with Gasteiger partial charge in [0.25, 0.3) is 11.7 Å². The highest BCUT2D eigenvalue weighted by atomic mass is 35.5. The van der Waals surface area contributed by atoms with Gasteiger partial charge >= 0.3 is 0 Å². The molecular weight excluding hydrogens is 462 g/mol. The van der Waals surface area contributed by atoms with Crippen molar-refractivity contribution in [2.24, 2.45) is 0 Å². The minimum atomic E-state index is -0.820. The first-order valence-corrected chi connectivity index (χ1v) is 11.4. The van der Waals surface area contributed by atoms with Crippen LogP contribution in [0.2, 0.25) is 5.02 Å². The number of anilines is 1. The summed E-state index contributed by atoms with van der Waals surface area (Å²) in [7, 11) is 2.98. The van der Waals surface area contributed by atoms with Crippen molar-refractivity contribution >= 4 is 46.1 Å². The van der Waals surface area contributed by atoms with Crippen LogP contribution in [0.5, 0.6) is 11.5 Å². The van der Waals surface area contributed by atoms with E-state index in [0.717, 1.165) is 16.0 Å². The number of hydrogen-bond acceptors (Lipinski definition) is 6. The Bertz CT molecular complexity index is 1300. The Balaban J connectivity index is 1.98. The van der Waals surface area contributed by atoms with Crippen LogP contribution >= 0.6 is 22.9 Å². The maximum absolute atomic E-state index is 13.3. The SMILES string of the molecule is COc1ccc(N2C(=O)C(=O)/C(=C(\O)c3cc(C)ccc3OC)C2c2sccc2C)cc1Cl. The summed E-state index contributed by atoms with van der Waals surface area (Å²) in [5.41, 5.74) is 2.55. The number of hydrogen-bond donors (Lipinski definition) is 1. The molecule has 1 unspecified atom stereocenters. The number of benzene rings is 2. The lowest BCUT2D eigenvalue weighted by Crippen LogP contribution is -2.29. The number of rotatable bonds is 5. The summed E-state index contributed by atoms with van der Waals surface area (Å²) in [5.74, 6) is -0.958.